The highest BCUT2D eigenvalue weighted by atomic mass is 16.2. The monoisotopic (exact) mass is 380 g/mol. The van der Waals surface area contributed by atoms with Gasteiger partial charge in [-0.25, -0.2) is 0 Å². The Labute approximate surface area is 168 Å². The van der Waals surface area contributed by atoms with Crippen LogP contribution in [0.2, 0.25) is 0 Å². The molecule has 0 saturated carbocycles. The van der Waals surface area contributed by atoms with E-state index in [9.17, 15) is 9.59 Å². The molecule has 4 nitrogen and oxygen atoms in total. The molecule has 158 valence electrons. The molecule has 27 heavy (non-hydrogen) atoms. The van der Waals surface area contributed by atoms with Crippen LogP contribution in [0.15, 0.2) is 12.7 Å². The Bertz CT molecular complexity index is 396. The third-order valence-electron chi connectivity index (χ3n) is 5.31. The van der Waals surface area contributed by atoms with Crippen LogP contribution in [0.25, 0.3) is 0 Å². The molecule has 0 fully saturated rings. The molecule has 2 N–H and O–H groups in total. The number of rotatable bonds is 18. The zero-order valence-corrected chi connectivity index (χ0v) is 18.2. The summed E-state index contributed by atoms with van der Waals surface area (Å²) >= 11 is 0. The second-order valence-corrected chi connectivity index (χ2v) is 7.76. The second-order valence-electron chi connectivity index (χ2n) is 7.76. The molecule has 4 heteroatoms. The first kappa shape index (κ1) is 25.7. The highest BCUT2D eigenvalue weighted by Crippen LogP contribution is 2.12. The predicted octanol–water partition coefficient (Wildman–Crippen LogP) is 5.52. The van der Waals surface area contributed by atoms with Gasteiger partial charge in [0.2, 0.25) is 11.8 Å². The molecule has 0 rings (SSSR count). The Morgan fingerprint density at radius 1 is 0.852 bits per heavy atom. The molecule has 0 bridgehead atoms. The van der Waals surface area contributed by atoms with Gasteiger partial charge in [-0.05, 0) is 18.4 Å². The Balaban J connectivity index is 3.68. The maximum absolute atomic E-state index is 12.3. The van der Waals surface area contributed by atoms with E-state index in [1.807, 2.05) is 13.8 Å². The van der Waals surface area contributed by atoms with Crippen molar-refractivity contribution in [1.29, 1.82) is 0 Å². The van der Waals surface area contributed by atoms with Gasteiger partial charge in [0.15, 0.2) is 0 Å². The Morgan fingerprint density at radius 2 is 1.33 bits per heavy atom. The fourth-order valence-corrected chi connectivity index (χ4v) is 3.20. The van der Waals surface area contributed by atoms with Crippen molar-refractivity contribution in [3.8, 4) is 0 Å². The van der Waals surface area contributed by atoms with Crippen LogP contribution in [-0.2, 0) is 9.59 Å². The van der Waals surface area contributed by atoms with E-state index in [2.05, 4.69) is 24.1 Å². The normalized spacial score (nSPS) is 13.0. The third kappa shape index (κ3) is 14.4. The van der Waals surface area contributed by atoms with Crippen molar-refractivity contribution >= 4 is 11.8 Å². The zero-order chi connectivity index (χ0) is 20.3. The van der Waals surface area contributed by atoms with Crippen molar-refractivity contribution in [2.24, 2.45) is 5.92 Å². The molecule has 2 amide bonds. The zero-order valence-electron chi connectivity index (χ0n) is 18.2. The molecule has 0 aliphatic carbocycles. The van der Waals surface area contributed by atoms with E-state index in [0.717, 1.165) is 19.3 Å². The lowest BCUT2D eigenvalue weighted by atomic mass is 9.98. The van der Waals surface area contributed by atoms with Gasteiger partial charge in [0.05, 0.1) is 0 Å². The summed E-state index contributed by atoms with van der Waals surface area (Å²) in [6.45, 7) is 10.4. The van der Waals surface area contributed by atoms with Gasteiger partial charge >= 0.3 is 0 Å². The summed E-state index contributed by atoms with van der Waals surface area (Å²) in [6.07, 6.45) is 17.7. The lowest BCUT2D eigenvalue weighted by Crippen LogP contribution is -2.50. The van der Waals surface area contributed by atoms with Gasteiger partial charge in [0, 0.05) is 6.54 Å². The smallest absolute Gasteiger partial charge is 0.244 e. The van der Waals surface area contributed by atoms with Crippen LogP contribution >= 0.6 is 0 Å². The lowest BCUT2D eigenvalue weighted by molar-refractivity contribution is -0.128. The number of amides is 2. The standard InChI is InChI=1S/C23H44N2O2/c1-5-8-9-10-11-12-13-14-15-16-17-18-19-24-23(27)22(20(4)6-2)25-21(26)7-3/h7,20,22H,3,5-6,8-19H2,1-2,4H3,(H,24,27)(H,25,26)/t20-,22-/m0/s1. The minimum absolute atomic E-state index is 0.0809. The highest BCUT2D eigenvalue weighted by Gasteiger charge is 2.24. The number of carbonyl (C=O) groups is 2. The molecule has 0 heterocycles. The van der Waals surface area contributed by atoms with E-state index in [0.29, 0.717) is 6.54 Å². The van der Waals surface area contributed by atoms with E-state index in [1.54, 1.807) is 0 Å². The predicted molar refractivity (Wildman–Crippen MR) is 116 cm³/mol. The van der Waals surface area contributed by atoms with Crippen molar-refractivity contribution in [2.75, 3.05) is 6.54 Å². The molecule has 0 aromatic rings. The number of carbonyl (C=O) groups excluding carboxylic acids is 2. The van der Waals surface area contributed by atoms with Gasteiger partial charge in [-0.3, -0.25) is 9.59 Å². The lowest BCUT2D eigenvalue weighted by Gasteiger charge is -2.22. The quantitative estimate of drug-likeness (QED) is 0.243. The van der Waals surface area contributed by atoms with E-state index >= 15 is 0 Å². The number of hydrogen-bond donors (Lipinski definition) is 2. The van der Waals surface area contributed by atoms with E-state index < -0.39 is 6.04 Å². The molecule has 0 aromatic heterocycles. The van der Waals surface area contributed by atoms with Crippen molar-refractivity contribution in [2.45, 2.75) is 110 Å². The third-order valence-corrected chi connectivity index (χ3v) is 5.31. The van der Waals surface area contributed by atoms with Gasteiger partial charge in [-0.1, -0.05) is 104 Å². The molecule has 2 atom stereocenters. The van der Waals surface area contributed by atoms with E-state index in [1.165, 1.54) is 70.3 Å². The molecular formula is C23H44N2O2. The van der Waals surface area contributed by atoms with Crippen LogP contribution < -0.4 is 10.6 Å². The highest BCUT2D eigenvalue weighted by molar-refractivity contribution is 5.92. The maximum atomic E-state index is 12.3. The first-order valence-corrected chi connectivity index (χ1v) is 11.3. The van der Waals surface area contributed by atoms with Crippen molar-refractivity contribution in [3.63, 3.8) is 0 Å². The molecule has 0 spiro atoms. The summed E-state index contributed by atoms with van der Waals surface area (Å²) in [7, 11) is 0. The van der Waals surface area contributed by atoms with E-state index in [4.69, 9.17) is 0 Å². The van der Waals surface area contributed by atoms with Gasteiger partial charge in [-0.2, -0.15) is 0 Å². The minimum atomic E-state index is -0.474. The van der Waals surface area contributed by atoms with Crippen LogP contribution in [-0.4, -0.2) is 24.4 Å². The van der Waals surface area contributed by atoms with Gasteiger partial charge in [-0.15, -0.1) is 0 Å². The molecule has 0 radical (unpaired) electrons. The van der Waals surface area contributed by atoms with Gasteiger partial charge in [0.25, 0.3) is 0 Å². The van der Waals surface area contributed by atoms with Crippen LogP contribution in [0.5, 0.6) is 0 Å². The Morgan fingerprint density at radius 3 is 1.78 bits per heavy atom. The summed E-state index contributed by atoms with van der Waals surface area (Å²) in [5.41, 5.74) is 0. The summed E-state index contributed by atoms with van der Waals surface area (Å²) < 4.78 is 0. The van der Waals surface area contributed by atoms with Gasteiger partial charge < -0.3 is 10.6 Å². The molecule has 0 aliphatic heterocycles. The largest absolute Gasteiger partial charge is 0.354 e. The molecule has 0 unspecified atom stereocenters. The summed E-state index contributed by atoms with van der Waals surface area (Å²) in [5, 5.41) is 5.72. The summed E-state index contributed by atoms with van der Waals surface area (Å²) in [5.74, 6) is -0.265. The fourth-order valence-electron chi connectivity index (χ4n) is 3.20. The van der Waals surface area contributed by atoms with E-state index in [-0.39, 0.29) is 17.7 Å². The molecule has 0 aromatic carbocycles. The Hall–Kier alpha value is -1.32. The number of nitrogens with one attached hydrogen (secondary N) is 2. The van der Waals surface area contributed by atoms with Crippen molar-refractivity contribution in [3.05, 3.63) is 12.7 Å². The van der Waals surface area contributed by atoms with Crippen LogP contribution in [0.3, 0.4) is 0 Å². The van der Waals surface area contributed by atoms with Crippen LogP contribution in [0.4, 0.5) is 0 Å². The van der Waals surface area contributed by atoms with Gasteiger partial charge in [0.1, 0.15) is 6.04 Å². The summed E-state index contributed by atoms with van der Waals surface area (Å²) in [6, 6.07) is -0.474. The second kappa shape index (κ2) is 18.1. The summed E-state index contributed by atoms with van der Waals surface area (Å²) in [4.78, 5) is 23.9. The minimum Gasteiger partial charge on any atom is -0.354 e. The Kier molecular flexibility index (Phi) is 17.2. The first-order chi connectivity index (χ1) is 13.1. The number of unbranched alkanes of at least 4 members (excludes halogenated alkanes) is 11. The maximum Gasteiger partial charge on any atom is 0.244 e. The molecule has 0 aliphatic rings. The van der Waals surface area contributed by atoms with Crippen LogP contribution in [0.1, 0.15) is 104 Å². The molecule has 0 saturated heterocycles. The topological polar surface area (TPSA) is 58.2 Å². The number of hydrogen-bond acceptors (Lipinski definition) is 2. The average Bonchev–Trinajstić information content (AvgIpc) is 2.68. The first-order valence-electron chi connectivity index (χ1n) is 11.3. The fraction of sp³-hybridized carbons (Fsp3) is 0.826. The van der Waals surface area contributed by atoms with Crippen LogP contribution in [0, 0.1) is 5.92 Å². The van der Waals surface area contributed by atoms with Crippen molar-refractivity contribution < 1.29 is 9.59 Å². The van der Waals surface area contributed by atoms with Crippen molar-refractivity contribution in [1.82, 2.24) is 10.6 Å². The molecular weight excluding hydrogens is 336 g/mol. The average molecular weight is 381 g/mol. The SMILES string of the molecule is C=CC(=O)N[C@H](C(=O)NCCCCCCCCCCCCCC)[C@@H](C)CC.